The SMILES string of the molecule is CC(C)NS(=O)(=O)c1cccnc1N1CCCC(C(=O)O)C1. The number of rotatable bonds is 5. The van der Waals surface area contributed by atoms with E-state index in [1.807, 2.05) is 0 Å². The van der Waals surface area contributed by atoms with E-state index in [1.165, 1.54) is 12.3 Å². The second-order valence-corrected chi connectivity index (χ2v) is 7.41. The molecule has 2 N–H and O–H groups in total. The third-order valence-electron chi connectivity index (χ3n) is 3.50. The van der Waals surface area contributed by atoms with Gasteiger partial charge in [0.1, 0.15) is 10.7 Å². The highest BCUT2D eigenvalue weighted by Gasteiger charge is 2.30. The summed E-state index contributed by atoms with van der Waals surface area (Å²) < 4.78 is 27.4. The summed E-state index contributed by atoms with van der Waals surface area (Å²) in [5, 5.41) is 9.17. The summed E-state index contributed by atoms with van der Waals surface area (Å²) in [5.41, 5.74) is 0. The molecule has 1 atom stereocenters. The van der Waals surface area contributed by atoms with Crippen molar-refractivity contribution < 1.29 is 18.3 Å². The maximum absolute atomic E-state index is 12.4. The summed E-state index contributed by atoms with van der Waals surface area (Å²) in [4.78, 5) is 17.2. The van der Waals surface area contributed by atoms with Crippen molar-refractivity contribution in [1.29, 1.82) is 0 Å². The number of carbonyl (C=O) groups is 1. The highest BCUT2D eigenvalue weighted by molar-refractivity contribution is 7.89. The lowest BCUT2D eigenvalue weighted by Gasteiger charge is -2.32. The maximum Gasteiger partial charge on any atom is 0.308 e. The Kier molecular flexibility index (Phi) is 5.02. The molecule has 0 aromatic carbocycles. The van der Waals surface area contributed by atoms with Crippen LogP contribution in [0.15, 0.2) is 23.2 Å². The van der Waals surface area contributed by atoms with Crippen LogP contribution in [-0.2, 0) is 14.8 Å². The highest BCUT2D eigenvalue weighted by Crippen LogP contribution is 2.27. The summed E-state index contributed by atoms with van der Waals surface area (Å²) in [7, 11) is -3.68. The molecule has 0 bridgehead atoms. The number of carboxylic acid groups (broad SMARTS) is 1. The summed E-state index contributed by atoms with van der Waals surface area (Å²) >= 11 is 0. The number of hydrogen-bond acceptors (Lipinski definition) is 5. The molecule has 1 saturated heterocycles. The zero-order chi connectivity index (χ0) is 16.3. The van der Waals surface area contributed by atoms with Gasteiger partial charge in [-0.1, -0.05) is 0 Å². The van der Waals surface area contributed by atoms with E-state index >= 15 is 0 Å². The fraction of sp³-hybridized carbons (Fsp3) is 0.571. The van der Waals surface area contributed by atoms with E-state index in [9.17, 15) is 18.3 Å². The van der Waals surface area contributed by atoms with E-state index in [4.69, 9.17) is 0 Å². The van der Waals surface area contributed by atoms with Gasteiger partial charge in [-0.3, -0.25) is 4.79 Å². The first-order chi connectivity index (χ1) is 10.3. The molecule has 0 radical (unpaired) electrons. The van der Waals surface area contributed by atoms with E-state index in [0.717, 1.165) is 0 Å². The number of aromatic nitrogens is 1. The van der Waals surface area contributed by atoms with Crippen LogP contribution in [0.2, 0.25) is 0 Å². The third kappa shape index (κ3) is 3.75. The Labute approximate surface area is 130 Å². The molecule has 0 amide bonds. The molecule has 1 fully saturated rings. The summed E-state index contributed by atoms with van der Waals surface area (Å²) in [6.45, 7) is 4.37. The number of pyridine rings is 1. The molecule has 2 heterocycles. The Balaban J connectivity index is 2.34. The minimum absolute atomic E-state index is 0.0924. The number of sulfonamides is 1. The molecule has 0 spiro atoms. The lowest BCUT2D eigenvalue weighted by Crippen LogP contribution is -2.40. The predicted molar refractivity (Wildman–Crippen MR) is 82.3 cm³/mol. The molecule has 7 nitrogen and oxygen atoms in total. The summed E-state index contributed by atoms with van der Waals surface area (Å²) in [6, 6.07) is 2.83. The highest BCUT2D eigenvalue weighted by atomic mass is 32.2. The van der Waals surface area contributed by atoms with Crippen molar-refractivity contribution in [2.75, 3.05) is 18.0 Å². The topological polar surface area (TPSA) is 99.6 Å². The minimum atomic E-state index is -3.68. The van der Waals surface area contributed by atoms with Crippen LogP contribution in [-0.4, -0.2) is 43.6 Å². The molecule has 1 aliphatic rings. The van der Waals surface area contributed by atoms with Crippen molar-refractivity contribution in [1.82, 2.24) is 9.71 Å². The molecule has 0 saturated carbocycles. The number of anilines is 1. The van der Waals surface area contributed by atoms with Gasteiger partial charge in [-0.2, -0.15) is 0 Å². The lowest BCUT2D eigenvalue weighted by molar-refractivity contribution is -0.141. The standard InChI is InChI=1S/C14H21N3O4S/c1-10(2)16-22(20,21)12-6-3-7-15-13(12)17-8-4-5-11(9-17)14(18)19/h3,6-7,10-11,16H,4-5,8-9H2,1-2H3,(H,18,19). The first kappa shape index (κ1) is 16.7. The summed E-state index contributed by atoms with van der Waals surface area (Å²) in [5.74, 6) is -1.03. The second kappa shape index (κ2) is 6.62. The van der Waals surface area contributed by atoms with Gasteiger partial charge in [-0.05, 0) is 38.8 Å². The van der Waals surface area contributed by atoms with Gasteiger partial charge in [-0.15, -0.1) is 0 Å². The molecule has 22 heavy (non-hydrogen) atoms. The molecule has 1 aliphatic heterocycles. The Hall–Kier alpha value is -1.67. The van der Waals surface area contributed by atoms with E-state index < -0.39 is 21.9 Å². The molecule has 8 heteroatoms. The smallest absolute Gasteiger partial charge is 0.308 e. The largest absolute Gasteiger partial charge is 0.481 e. The second-order valence-electron chi connectivity index (χ2n) is 5.72. The van der Waals surface area contributed by atoms with Crippen molar-refractivity contribution in [3.63, 3.8) is 0 Å². The van der Waals surface area contributed by atoms with Crippen molar-refractivity contribution >= 4 is 21.8 Å². The minimum Gasteiger partial charge on any atom is -0.481 e. The van der Waals surface area contributed by atoms with Gasteiger partial charge in [0.2, 0.25) is 10.0 Å². The number of piperidine rings is 1. The molecule has 1 aromatic rings. The van der Waals surface area contributed by atoms with E-state index in [1.54, 1.807) is 24.8 Å². The van der Waals surface area contributed by atoms with Crippen LogP contribution in [0.5, 0.6) is 0 Å². The molecule has 122 valence electrons. The number of nitrogens with one attached hydrogen (secondary N) is 1. The van der Waals surface area contributed by atoms with Crippen LogP contribution in [0.4, 0.5) is 5.82 Å². The van der Waals surface area contributed by atoms with Gasteiger partial charge in [0, 0.05) is 25.3 Å². The fourth-order valence-corrected chi connectivity index (χ4v) is 4.00. The number of hydrogen-bond donors (Lipinski definition) is 2. The van der Waals surface area contributed by atoms with Crippen LogP contribution in [0, 0.1) is 5.92 Å². The number of nitrogens with zero attached hydrogens (tertiary/aromatic N) is 2. The molecule has 2 rings (SSSR count). The Morgan fingerprint density at radius 3 is 2.86 bits per heavy atom. The van der Waals surface area contributed by atoms with Crippen LogP contribution < -0.4 is 9.62 Å². The van der Waals surface area contributed by atoms with Gasteiger partial charge >= 0.3 is 5.97 Å². The van der Waals surface area contributed by atoms with E-state index in [-0.39, 0.29) is 17.5 Å². The van der Waals surface area contributed by atoms with Crippen LogP contribution in [0.1, 0.15) is 26.7 Å². The van der Waals surface area contributed by atoms with Gasteiger partial charge in [0.15, 0.2) is 0 Å². The summed E-state index contributed by atoms with van der Waals surface area (Å²) in [6.07, 6.45) is 2.82. The third-order valence-corrected chi connectivity index (χ3v) is 5.18. The first-order valence-corrected chi connectivity index (χ1v) is 8.74. The average molecular weight is 327 g/mol. The van der Waals surface area contributed by atoms with Crippen LogP contribution >= 0.6 is 0 Å². The van der Waals surface area contributed by atoms with Gasteiger partial charge < -0.3 is 10.0 Å². The van der Waals surface area contributed by atoms with Crippen molar-refractivity contribution in [3.8, 4) is 0 Å². The van der Waals surface area contributed by atoms with Crippen LogP contribution in [0.25, 0.3) is 0 Å². The maximum atomic E-state index is 12.4. The quantitative estimate of drug-likeness (QED) is 0.839. The molecular formula is C14H21N3O4S. The predicted octanol–water partition coefficient (Wildman–Crippen LogP) is 1.07. The van der Waals surface area contributed by atoms with E-state index in [2.05, 4.69) is 9.71 Å². The van der Waals surface area contributed by atoms with Gasteiger partial charge in [-0.25, -0.2) is 18.1 Å². The first-order valence-electron chi connectivity index (χ1n) is 7.26. The Morgan fingerprint density at radius 2 is 2.23 bits per heavy atom. The zero-order valence-corrected chi connectivity index (χ0v) is 13.5. The molecule has 0 aliphatic carbocycles. The monoisotopic (exact) mass is 327 g/mol. The Bertz CT molecular complexity index is 645. The van der Waals surface area contributed by atoms with Gasteiger partial charge in [0.05, 0.1) is 5.92 Å². The Morgan fingerprint density at radius 1 is 1.50 bits per heavy atom. The van der Waals surface area contributed by atoms with Crippen molar-refractivity contribution in [3.05, 3.63) is 18.3 Å². The normalized spacial score (nSPS) is 19.4. The van der Waals surface area contributed by atoms with Crippen molar-refractivity contribution in [2.45, 2.75) is 37.6 Å². The molecule has 1 aromatic heterocycles. The average Bonchev–Trinajstić information content (AvgIpc) is 2.46. The van der Waals surface area contributed by atoms with Gasteiger partial charge in [0.25, 0.3) is 0 Å². The zero-order valence-electron chi connectivity index (χ0n) is 12.7. The number of aliphatic carboxylic acids is 1. The molecule has 1 unspecified atom stereocenters. The fourth-order valence-electron chi connectivity index (χ4n) is 2.57. The van der Waals surface area contributed by atoms with Crippen LogP contribution in [0.3, 0.4) is 0 Å². The number of carboxylic acids is 1. The molecular weight excluding hydrogens is 306 g/mol. The van der Waals surface area contributed by atoms with E-state index in [0.29, 0.717) is 25.2 Å². The van der Waals surface area contributed by atoms with Crippen molar-refractivity contribution in [2.24, 2.45) is 5.92 Å². The lowest BCUT2D eigenvalue weighted by atomic mass is 9.98.